The van der Waals surface area contributed by atoms with E-state index >= 15 is 0 Å². The molecule has 0 radical (unpaired) electrons. The van der Waals surface area contributed by atoms with Crippen molar-refractivity contribution in [1.29, 1.82) is 0 Å². The molecule has 26 heavy (non-hydrogen) atoms. The summed E-state index contributed by atoms with van der Waals surface area (Å²) >= 11 is 0. The fourth-order valence-corrected chi connectivity index (χ4v) is 4.13. The molecule has 10 heteroatoms. The number of amides is 2. The molecule has 1 fully saturated rings. The standard InChI is InChI=1S/C16H31N5O4S/c1-5-17-15(19-10-14(23)21-16(2,3)4)18-8-6-13(22)20-12-7-9-26(24,25)11-12/h12H,5-11H2,1-4H3,(H,20,22)(H,21,23)(H2,17,18,19). The molecule has 0 aromatic rings. The molecular formula is C16H31N5O4S. The van der Waals surface area contributed by atoms with Crippen LogP contribution in [0.15, 0.2) is 4.99 Å². The van der Waals surface area contributed by atoms with Gasteiger partial charge in [0, 0.05) is 31.1 Å². The van der Waals surface area contributed by atoms with Gasteiger partial charge in [-0.05, 0) is 34.1 Å². The molecule has 0 aromatic heterocycles. The van der Waals surface area contributed by atoms with Gasteiger partial charge in [0.25, 0.3) is 0 Å². The molecule has 1 unspecified atom stereocenters. The Morgan fingerprint density at radius 3 is 2.38 bits per heavy atom. The highest BCUT2D eigenvalue weighted by Crippen LogP contribution is 2.11. The Balaban J connectivity index is 2.37. The molecule has 1 heterocycles. The minimum atomic E-state index is -3.01. The third-order valence-corrected chi connectivity index (χ3v) is 5.25. The number of carbonyl (C=O) groups excluding carboxylic acids is 2. The molecule has 1 saturated heterocycles. The summed E-state index contributed by atoms with van der Waals surface area (Å²) in [5.74, 6) is 0.201. The van der Waals surface area contributed by atoms with E-state index in [1.165, 1.54) is 0 Å². The zero-order valence-corrected chi connectivity index (χ0v) is 16.8. The van der Waals surface area contributed by atoms with Crippen molar-refractivity contribution in [2.45, 2.75) is 52.1 Å². The zero-order valence-electron chi connectivity index (χ0n) is 16.0. The van der Waals surface area contributed by atoms with Gasteiger partial charge >= 0.3 is 0 Å². The number of aliphatic imine (C=N–C) groups is 1. The Labute approximate surface area is 155 Å². The van der Waals surface area contributed by atoms with E-state index in [0.717, 1.165) is 0 Å². The predicted octanol–water partition coefficient (Wildman–Crippen LogP) is -0.850. The summed E-state index contributed by atoms with van der Waals surface area (Å²) in [5.41, 5.74) is -0.315. The Kier molecular flexibility index (Phi) is 8.32. The van der Waals surface area contributed by atoms with Crippen LogP contribution in [0.2, 0.25) is 0 Å². The van der Waals surface area contributed by atoms with E-state index in [1.54, 1.807) is 0 Å². The molecule has 1 rings (SSSR count). The van der Waals surface area contributed by atoms with Crippen molar-refractivity contribution in [2.24, 2.45) is 4.99 Å². The Bertz CT molecular complexity index is 625. The highest BCUT2D eigenvalue weighted by Gasteiger charge is 2.28. The van der Waals surface area contributed by atoms with Crippen LogP contribution < -0.4 is 21.3 Å². The Morgan fingerprint density at radius 1 is 1.15 bits per heavy atom. The minimum absolute atomic E-state index is 0.0131. The average Bonchev–Trinajstić information content (AvgIpc) is 2.81. The van der Waals surface area contributed by atoms with Crippen LogP contribution in [0, 0.1) is 0 Å². The number of hydrogen-bond acceptors (Lipinski definition) is 5. The van der Waals surface area contributed by atoms with E-state index in [2.05, 4.69) is 26.3 Å². The fraction of sp³-hybridized carbons (Fsp3) is 0.812. The number of carbonyl (C=O) groups is 2. The summed E-state index contributed by atoms with van der Waals surface area (Å²) in [6.07, 6.45) is 0.656. The van der Waals surface area contributed by atoms with E-state index in [4.69, 9.17) is 0 Å². The van der Waals surface area contributed by atoms with Crippen LogP contribution in [0.1, 0.15) is 40.5 Å². The van der Waals surface area contributed by atoms with Crippen molar-refractivity contribution >= 4 is 27.6 Å². The molecule has 4 N–H and O–H groups in total. The van der Waals surface area contributed by atoms with Gasteiger partial charge in [0.15, 0.2) is 15.8 Å². The van der Waals surface area contributed by atoms with Gasteiger partial charge in [-0.3, -0.25) is 9.59 Å². The van der Waals surface area contributed by atoms with Crippen LogP contribution >= 0.6 is 0 Å². The van der Waals surface area contributed by atoms with Gasteiger partial charge in [-0.1, -0.05) is 0 Å². The van der Waals surface area contributed by atoms with Crippen molar-refractivity contribution in [3.05, 3.63) is 0 Å². The molecule has 2 amide bonds. The maximum atomic E-state index is 11.9. The first-order valence-corrected chi connectivity index (χ1v) is 10.7. The lowest BCUT2D eigenvalue weighted by Crippen LogP contribution is -2.44. The highest BCUT2D eigenvalue weighted by molar-refractivity contribution is 7.91. The van der Waals surface area contributed by atoms with Crippen molar-refractivity contribution in [3.8, 4) is 0 Å². The topological polar surface area (TPSA) is 129 Å². The van der Waals surface area contributed by atoms with Crippen LogP contribution in [0.3, 0.4) is 0 Å². The second-order valence-electron chi connectivity index (χ2n) is 7.34. The van der Waals surface area contributed by atoms with E-state index in [9.17, 15) is 18.0 Å². The van der Waals surface area contributed by atoms with Crippen LogP contribution in [0.4, 0.5) is 0 Å². The number of sulfone groups is 1. The average molecular weight is 390 g/mol. The third kappa shape index (κ3) is 9.59. The van der Waals surface area contributed by atoms with Gasteiger partial charge in [0.1, 0.15) is 6.54 Å². The Hall–Kier alpha value is -1.84. The maximum Gasteiger partial charge on any atom is 0.242 e. The number of nitrogens with one attached hydrogen (secondary N) is 4. The van der Waals surface area contributed by atoms with Gasteiger partial charge in [0.05, 0.1) is 11.5 Å². The van der Waals surface area contributed by atoms with Crippen molar-refractivity contribution in [2.75, 3.05) is 31.1 Å². The maximum absolute atomic E-state index is 11.9. The molecular weight excluding hydrogens is 358 g/mol. The van der Waals surface area contributed by atoms with Gasteiger partial charge in [0.2, 0.25) is 11.8 Å². The van der Waals surface area contributed by atoms with Gasteiger partial charge in [-0.15, -0.1) is 0 Å². The molecule has 1 atom stereocenters. The predicted molar refractivity (Wildman–Crippen MR) is 102 cm³/mol. The van der Waals surface area contributed by atoms with Crippen LogP contribution in [-0.4, -0.2) is 68.9 Å². The molecule has 0 aromatic carbocycles. The second-order valence-corrected chi connectivity index (χ2v) is 9.57. The second kappa shape index (κ2) is 9.75. The minimum Gasteiger partial charge on any atom is -0.357 e. The normalized spacial score (nSPS) is 19.7. The molecule has 1 aliphatic heterocycles. The first-order valence-electron chi connectivity index (χ1n) is 8.84. The summed E-state index contributed by atoms with van der Waals surface area (Å²) in [4.78, 5) is 27.9. The summed E-state index contributed by atoms with van der Waals surface area (Å²) in [5, 5.41) is 11.6. The van der Waals surface area contributed by atoms with Crippen LogP contribution in [-0.2, 0) is 19.4 Å². The molecule has 0 bridgehead atoms. The lowest BCUT2D eigenvalue weighted by molar-refractivity contribution is -0.122. The first-order chi connectivity index (χ1) is 12.0. The quantitative estimate of drug-likeness (QED) is 0.332. The number of nitrogens with zero attached hydrogens (tertiary/aromatic N) is 1. The molecule has 9 nitrogen and oxygen atoms in total. The van der Waals surface area contributed by atoms with Gasteiger partial charge in [-0.2, -0.15) is 0 Å². The van der Waals surface area contributed by atoms with Crippen molar-refractivity contribution in [3.63, 3.8) is 0 Å². The number of guanidine groups is 1. The summed E-state index contributed by atoms with van der Waals surface area (Å²) < 4.78 is 22.8. The van der Waals surface area contributed by atoms with E-state index in [1.807, 2.05) is 27.7 Å². The first kappa shape index (κ1) is 22.2. The molecule has 0 spiro atoms. The number of rotatable bonds is 7. The van der Waals surface area contributed by atoms with Gasteiger partial charge < -0.3 is 21.3 Å². The van der Waals surface area contributed by atoms with Crippen molar-refractivity contribution < 1.29 is 18.0 Å². The summed E-state index contributed by atoms with van der Waals surface area (Å²) in [6.45, 7) is 8.53. The van der Waals surface area contributed by atoms with Crippen LogP contribution in [0.5, 0.6) is 0 Å². The summed E-state index contributed by atoms with van der Waals surface area (Å²) in [6, 6.07) is -0.296. The SMILES string of the molecule is CCNC(=NCC(=O)NC(C)(C)C)NCCC(=O)NC1CCS(=O)(=O)C1. The Morgan fingerprint density at radius 2 is 1.85 bits per heavy atom. The lowest BCUT2D eigenvalue weighted by Gasteiger charge is -2.20. The molecule has 0 saturated carbocycles. The number of hydrogen-bond donors (Lipinski definition) is 4. The largest absolute Gasteiger partial charge is 0.357 e. The van der Waals surface area contributed by atoms with Gasteiger partial charge in [-0.25, -0.2) is 13.4 Å². The van der Waals surface area contributed by atoms with E-state index in [-0.39, 0.29) is 47.9 Å². The monoisotopic (exact) mass is 389 g/mol. The van der Waals surface area contributed by atoms with Crippen LogP contribution in [0.25, 0.3) is 0 Å². The smallest absolute Gasteiger partial charge is 0.242 e. The summed E-state index contributed by atoms with van der Waals surface area (Å²) in [7, 11) is -3.01. The molecule has 1 aliphatic rings. The lowest BCUT2D eigenvalue weighted by atomic mass is 10.1. The molecule has 150 valence electrons. The van der Waals surface area contributed by atoms with E-state index in [0.29, 0.717) is 25.5 Å². The highest BCUT2D eigenvalue weighted by atomic mass is 32.2. The molecule has 0 aliphatic carbocycles. The zero-order chi connectivity index (χ0) is 19.8. The fourth-order valence-electron chi connectivity index (χ4n) is 2.45. The van der Waals surface area contributed by atoms with Crippen molar-refractivity contribution in [1.82, 2.24) is 21.3 Å². The third-order valence-electron chi connectivity index (χ3n) is 3.48. The van der Waals surface area contributed by atoms with E-state index < -0.39 is 9.84 Å².